The van der Waals surface area contributed by atoms with Gasteiger partial charge in [-0.1, -0.05) is 31.2 Å². The Morgan fingerprint density at radius 1 is 1.06 bits per heavy atom. The van der Waals surface area contributed by atoms with Gasteiger partial charge in [0.25, 0.3) is 0 Å². The van der Waals surface area contributed by atoms with Crippen LogP contribution in [0.1, 0.15) is 30.8 Å². The molecule has 0 unspecified atom stereocenters. The lowest BCUT2D eigenvalue weighted by molar-refractivity contribution is 0.572. The molecule has 0 aliphatic carbocycles. The Kier molecular flexibility index (Phi) is 4.47. The molecular weight excluding hydrogens is 224 g/mol. The first kappa shape index (κ1) is 12.8. The van der Waals surface area contributed by atoms with Crippen LogP contribution >= 0.6 is 0 Å². The Balaban J connectivity index is 1.84. The van der Waals surface area contributed by atoms with E-state index in [2.05, 4.69) is 53.5 Å². The Morgan fingerprint density at radius 3 is 2.44 bits per heavy atom. The van der Waals surface area contributed by atoms with Gasteiger partial charge in [-0.2, -0.15) is 5.10 Å². The topological polar surface area (TPSA) is 42.7 Å². The Morgan fingerprint density at radius 2 is 1.78 bits per heavy atom. The summed E-state index contributed by atoms with van der Waals surface area (Å²) in [7, 11) is 0. The van der Waals surface area contributed by atoms with E-state index < -0.39 is 0 Å². The van der Waals surface area contributed by atoms with Gasteiger partial charge in [0.05, 0.1) is 6.54 Å². The third-order valence-electron chi connectivity index (χ3n) is 3.04. The second kappa shape index (κ2) is 6.31. The number of rotatable bonds is 6. The van der Waals surface area contributed by atoms with Crippen LogP contribution in [0, 0.1) is 0 Å². The van der Waals surface area contributed by atoms with Crippen molar-refractivity contribution >= 4 is 0 Å². The van der Waals surface area contributed by atoms with Crippen LogP contribution in [0.4, 0.5) is 0 Å². The van der Waals surface area contributed by atoms with Crippen LogP contribution < -0.4 is 5.32 Å². The highest BCUT2D eigenvalue weighted by molar-refractivity contribution is 5.22. The van der Waals surface area contributed by atoms with Gasteiger partial charge in [-0.15, -0.1) is 0 Å². The molecule has 96 valence electrons. The molecule has 0 radical (unpaired) electrons. The first-order chi connectivity index (χ1) is 8.83. The third-order valence-corrected chi connectivity index (χ3v) is 3.04. The first-order valence-corrected chi connectivity index (χ1v) is 6.48. The van der Waals surface area contributed by atoms with E-state index in [1.807, 2.05) is 4.68 Å². The van der Waals surface area contributed by atoms with E-state index in [1.54, 1.807) is 6.33 Å². The van der Waals surface area contributed by atoms with Gasteiger partial charge in [-0.3, -0.25) is 0 Å². The lowest BCUT2D eigenvalue weighted by atomic mass is 10.1. The standard InChI is InChI=1S/C14H20N4/c1-3-12-5-7-13(8-6-12)9-15-10-14-16-11-17-18(14)4-2/h5-8,11,15H,3-4,9-10H2,1-2H3. The summed E-state index contributed by atoms with van der Waals surface area (Å²) in [5.74, 6) is 0.989. The summed E-state index contributed by atoms with van der Waals surface area (Å²) >= 11 is 0. The summed E-state index contributed by atoms with van der Waals surface area (Å²) in [6.07, 6.45) is 2.70. The van der Waals surface area contributed by atoms with E-state index >= 15 is 0 Å². The molecule has 0 aliphatic rings. The highest BCUT2D eigenvalue weighted by Crippen LogP contribution is 2.05. The quantitative estimate of drug-likeness (QED) is 0.846. The summed E-state index contributed by atoms with van der Waals surface area (Å²) in [5, 5.41) is 7.54. The molecule has 1 heterocycles. The van der Waals surface area contributed by atoms with Crippen molar-refractivity contribution < 1.29 is 0 Å². The number of nitrogens with one attached hydrogen (secondary N) is 1. The highest BCUT2D eigenvalue weighted by Gasteiger charge is 2.01. The van der Waals surface area contributed by atoms with Crippen LogP contribution in [0.5, 0.6) is 0 Å². The van der Waals surface area contributed by atoms with Gasteiger partial charge in [0.1, 0.15) is 12.2 Å². The van der Waals surface area contributed by atoms with Crippen LogP contribution in [0.2, 0.25) is 0 Å². The number of hydrogen-bond donors (Lipinski definition) is 1. The van der Waals surface area contributed by atoms with E-state index in [4.69, 9.17) is 0 Å². The molecule has 0 bridgehead atoms. The number of nitrogens with zero attached hydrogens (tertiary/aromatic N) is 3. The SMILES string of the molecule is CCc1ccc(CNCc2ncnn2CC)cc1. The largest absolute Gasteiger partial charge is 0.306 e. The molecule has 0 atom stereocenters. The fourth-order valence-corrected chi connectivity index (χ4v) is 1.90. The Labute approximate surface area is 108 Å². The number of benzene rings is 1. The average molecular weight is 244 g/mol. The summed E-state index contributed by atoms with van der Waals surface area (Å²) < 4.78 is 1.91. The molecule has 18 heavy (non-hydrogen) atoms. The zero-order chi connectivity index (χ0) is 12.8. The van der Waals surface area contributed by atoms with Crippen molar-refractivity contribution in [1.82, 2.24) is 20.1 Å². The van der Waals surface area contributed by atoms with Crippen molar-refractivity contribution in [2.24, 2.45) is 0 Å². The summed E-state index contributed by atoms with van der Waals surface area (Å²) in [5.41, 5.74) is 2.68. The van der Waals surface area contributed by atoms with E-state index in [0.717, 1.165) is 31.9 Å². The molecule has 1 aromatic heterocycles. The second-order valence-corrected chi connectivity index (χ2v) is 4.27. The predicted molar refractivity (Wildman–Crippen MR) is 72.1 cm³/mol. The van der Waals surface area contributed by atoms with Crippen molar-refractivity contribution in [2.75, 3.05) is 0 Å². The molecule has 2 aromatic rings. The molecule has 4 heteroatoms. The number of hydrogen-bond acceptors (Lipinski definition) is 3. The smallest absolute Gasteiger partial charge is 0.140 e. The van der Waals surface area contributed by atoms with Gasteiger partial charge in [0, 0.05) is 13.1 Å². The van der Waals surface area contributed by atoms with Crippen molar-refractivity contribution in [3.63, 3.8) is 0 Å². The van der Waals surface area contributed by atoms with E-state index in [0.29, 0.717) is 0 Å². The molecule has 4 nitrogen and oxygen atoms in total. The minimum atomic E-state index is 0.753. The van der Waals surface area contributed by atoms with Gasteiger partial charge in [-0.05, 0) is 24.5 Å². The van der Waals surface area contributed by atoms with Crippen molar-refractivity contribution in [2.45, 2.75) is 39.9 Å². The Hall–Kier alpha value is -1.68. The van der Waals surface area contributed by atoms with Crippen molar-refractivity contribution in [3.05, 3.63) is 47.5 Å². The molecule has 0 spiro atoms. The van der Waals surface area contributed by atoms with Crippen LogP contribution in [0.3, 0.4) is 0 Å². The molecule has 0 amide bonds. The van der Waals surface area contributed by atoms with E-state index in [9.17, 15) is 0 Å². The van der Waals surface area contributed by atoms with Gasteiger partial charge < -0.3 is 5.32 Å². The molecule has 0 saturated carbocycles. The lowest BCUT2D eigenvalue weighted by Gasteiger charge is -2.06. The minimum absolute atomic E-state index is 0.753. The van der Waals surface area contributed by atoms with E-state index in [-0.39, 0.29) is 0 Å². The number of aryl methyl sites for hydroxylation is 2. The molecule has 0 aliphatic heterocycles. The fraction of sp³-hybridized carbons (Fsp3) is 0.429. The second-order valence-electron chi connectivity index (χ2n) is 4.27. The predicted octanol–water partition coefficient (Wildman–Crippen LogP) is 2.15. The van der Waals surface area contributed by atoms with Gasteiger partial charge in [0.2, 0.25) is 0 Å². The normalized spacial score (nSPS) is 10.8. The molecule has 1 aromatic carbocycles. The van der Waals surface area contributed by atoms with Gasteiger partial charge in [-0.25, -0.2) is 9.67 Å². The molecule has 2 rings (SSSR count). The van der Waals surface area contributed by atoms with Crippen LogP contribution in [0.25, 0.3) is 0 Å². The lowest BCUT2D eigenvalue weighted by Crippen LogP contribution is -2.17. The third kappa shape index (κ3) is 3.17. The maximum absolute atomic E-state index is 4.23. The average Bonchev–Trinajstić information content (AvgIpc) is 2.87. The number of aromatic nitrogens is 3. The highest BCUT2D eigenvalue weighted by atomic mass is 15.3. The van der Waals surface area contributed by atoms with Crippen molar-refractivity contribution in [3.8, 4) is 0 Å². The summed E-state index contributed by atoms with van der Waals surface area (Å²) in [6.45, 7) is 6.72. The maximum Gasteiger partial charge on any atom is 0.140 e. The fourth-order valence-electron chi connectivity index (χ4n) is 1.90. The summed E-state index contributed by atoms with van der Waals surface area (Å²) in [6, 6.07) is 8.73. The zero-order valence-electron chi connectivity index (χ0n) is 11.1. The van der Waals surface area contributed by atoms with Crippen LogP contribution in [-0.4, -0.2) is 14.8 Å². The first-order valence-electron chi connectivity index (χ1n) is 6.48. The van der Waals surface area contributed by atoms with Crippen LogP contribution in [0.15, 0.2) is 30.6 Å². The zero-order valence-corrected chi connectivity index (χ0v) is 11.1. The Bertz CT molecular complexity index is 473. The minimum Gasteiger partial charge on any atom is -0.306 e. The molecule has 0 fully saturated rings. The van der Waals surface area contributed by atoms with Gasteiger partial charge in [0.15, 0.2) is 0 Å². The monoisotopic (exact) mass is 244 g/mol. The van der Waals surface area contributed by atoms with Crippen molar-refractivity contribution in [1.29, 1.82) is 0 Å². The maximum atomic E-state index is 4.23. The molecule has 1 N–H and O–H groups in total. The van der Waals surface area contributed by atoms with Gasteiger partial charge >= 0.3 is 0 Å². The molecule has 0 saturated heterocycles. The summed E-state index contributed by atoms with van der Waals surface area (Å²) in [4.78, 5) is 4.23. The van der Waals surface area contributed by atoms with E-state index in [1.165, 1.54) is 11.1 Å². The molecular formula is C14H20N4. The van der Waals surface area contributed by atoms with Crippen LogP contribution in [-0.2, 0) is 26.1 Å².